The van der Waals surface area contributed by atoms with Crippen molar-refractivity contribution in [3.63, 3.8) is 0 Å². The van der Waals surface area contributed by atoms with Crippen molar-refractivity contribution >= 4 is 11.9 Å². The van der Waals surface area contributed by atoms with E-state index in [1.165, 1.54) is 0 Å². The molecule has 3 N–H and O–H groups in total. The molecule has 0 amide bonds. The van der Waals surface area contributed by atoms with Crippen molar-refractivity contribution in [2.75, 3.05) is 0 Å². The second-order valence-corrected chi connectivity index (χ2v) is 3.68. The Hall–Kier alpha value is -1.10. The summed E-state index contributed by atoms with van der Waals surface area (Å²) >= 11 is 0. The standard InChI is InChI=1S/C8H13NO4/c9-8(7(12)13)3-1-2-5(4-8)6(10)11/h5H,1-4,9H2,(H,10,11)(H,12,13)/p-1/t5-,8-/m1/s1. The topological polar surface area (TPSA) is 108 Å². The van der Waals surface area contributed by atoms with Gasteiger partial charge in [-0.05, 0) is 12.8 Å². The summed E-state index contributed by atoms with van der Waals surface area (Å²) in [6.07, 6.45) is 1.44. The molecule has 1 fully saturated rings. The van der Waals surface area contributed by atoms with Crippen LogP contribution >= 0.6 is 0 Å². The SMILES string of the molecule is [NH3+][C@]1(C(=O)[O-])CCC[C@@H](C(=O)[O-])C1. The summed E-state index contributed by atoms with van der Waals surface area (Å²) in [6.45, 7) is 0. The van der Waals surface area contributed by atoms with Gasteiger partial charge >= 0.3 is 0 Å². The lowest BCUT2D eigenvalue weighted by Gasteiger charge is -2.35. The average molecular weight is 186 g/mol. The molecule has 74 valence electrons. The number of quaternary nitrogens is 1. The molecule has 5 nitrogen and oxygen atoms in total. The van der Waals surface area contributed by atoms with Crippen LogP contribution in [0.5, 0.6) is 0 Å². The fraction of sp³-hybridized carbons (Fsp3) is 0.750. The second-order valence-electron chi connectivity index (χ2n) is 3.68. The highest BCUT2D eigenvalue weighted by molar-refractivity contribution is 5.76. The summed E-state index contributed by atoms with van der Waals surface area (Å²) in [5.74, 6) is -3.14. The largest absolute Gasteiger partial charge is 0.550 e. The molecule has 0 radical (unpaired) electrons. The van der Waals surface area contributed by atoms with E-state index < -0.39 is 23.4 Å². The van der Waals surface area contributed by atoms with Crippen LogP contribution < -0.4 is 15.9 Å². The maximum absolute atomic E-state index is 10.7. The first kappa shape index (κ1) is 9.98. The van der Waals surface area contributed by atoms with E-state index in [0.717, 1.165) is 0 Å². The van der Waals surface area contributed by atoms with Gasteiger partial charge in [-0.2, -0.15) is 0 Å². The van der Waals surface area contributed by atoms with Crippen LogP contribution in [-0.4, -0.2) is 17.5 Å². The van der Waals surface area contributed by atoms with E-state index in [2.05, 4.69) is 5.73 Å². The highest BCUT2D eigenvalue weighted by Crippen LogP contribution is 2.28. The van der Waals surface area contributed by atoms with Crippen LogP contribution in [0.15, 0.2) is 0 Å². The molecule has 1 saturated carbocycles. The summed E-state index contributed by atoms with van der Waals surface area (Å²) in [4.78, 5) is 21.2. The van der Waals surface area contributed by atoms with E-state index in [4.69, 9.17) is 0 Å². The first-order chi connectivity index (χ1) is 5.96. The summed E-state index contributed by atoms with van der Waals surface area (Å²) in [6, 6.07) is 0. The average Bonchev–Trinajstić information content (AvgIpc) is 2.04. The number of rotatable bonds is 2. The van der Waals surface area contributed by atoms with Crippen molar-refractivity contribution in [2.24, 2.45) is 5.92 Å². The highest BCUT2D eigenvalue weighted by atomic mass is 16.4. The van der Waals surface area contributed by atoms with Crippen LogP contribution in [0.3, 0.4) is 0 Å². The molecule has 0 unspecified atom stereocenters. The number of aliphatic carboxylic acids is 2. The first-order valence-corrected chi connectivity index (χ1v) is 4.23. The number of carbonyl (C=O) groups excluding carboxylic acids is 2. The third-order valence-electron chi connectivity index (χ3n) is 2.61. The third kappa shape index (κ3) is 1.98. The van der Waals surface area contributed by atoms with Crippen molar-refractivity contribution in [1.82, 2.24) is 0 Å². The molecule has 0 aromatic rings. The fourth-order valence-electron chi connectivity index (χ4n) is 1.75. The molecule has 0 bridgehead atoms. The Morgan fingerprint density at radius 1 is 1.38 bits per heavy atom. The Labute approximate surface area is 75.5 Å². The smallest absolute Gasteiger partial charge is 0.135 e. The summed E-state index contributed by atoms with van der Waals surface area (Å²) in [5.41, 5.74) is 2.27. The zero-order chi connectivity index (χ0) is 10.1. The molecule has 0 aromatic heterocycles. The Morgan fingerprint density at radius 3 is 2.46 bits per heavy atom. The maximum Gasteiger partial charge on any atom is 0.135 e. The van der Waals surface area contributed by atoms with Gasteiger partial charge in [0.15, 0.2) is 0 Å². The van der Waals surface area contributed by atoms with Crippen LogP contribution in [0.2, 0.25) is 0 Å². The Bertz CT molecular complexity index is 240. The molecule has 0 aliphatic heterocycles. The van der Waals surface area contributed by atoms with Gasteiger partial charge in [0, 0.05) is 24.7 Å². The van der Waals surface area contributed by atoms with E-state index in [9.17, 15) is 19.8 Å². The Morgan fingerprint density at radius 2 is 2.00 bits per heavy atom. The van der Waals surface area contributed by atoms with E-state index in [-0.39, 0.29) is 6.42 Å². The molecule has 0 heterocycles. The predicted molar refractivity (Wildman–Crippen MR) is 37.6 cm³/mol. The van der Waals surface area contributed by atoms with Gasteiger partial charge in [0.1, 0.15) is 11.5 Å². The fourth-order valence-corrected chi connectivity index (χ4v) is 1.75. The van der Waals surface area contributed by atoms with E-state index >= 15 is 0 Å². The number of carbonyl (C=O) groups is 2. The molecule has 1 aliphatic carbocycles. The Kier molecular flexibility index (Phi) is 2.56. The van der Waals surface area contributed by atoms with Crippen molar-refractivity contribution in [3.8, 4) is 0 Å². The summed E-state index contributed by atoms with van der Waals surface area (Å²) in [7, 11) is 0. The quantitative estimate of drug-likeness (QED) is 0.486. The molecule has 13 heavy (non-hydrogen) atoms. The first-order valence-electron chi connectivity index (χ1n) is 4.23. The molecular formula is C8H12NO4-. The van der Waals surface area contributed by atoms with Gasteiger partial charge in [0.25, 0.3) is 0 Å². The second kappa shape index (κ2) is 3.33. The molecule has 1 rings (SSSR count). The van der Waals surface area contributed by atoms with Gasteiger partial charge in [0.05, 0.1) is 0 Å². The third-order valence-corrected chi connectivity index (χ3v) is 2.61. The number of carboxylic acids is 2. The molecule has 1 aliphatic rings. The monoisotopic (exact) mass is 186 g/mol. The minimum atomic E-state index is -1.27. The molecule has 5 heteroatoms. The molecule has 0 spiro atoms. The van der Waals surface area contributed by atoms with Gasteiger partial charge in [-0.3, -0.25) is 0 Å². The minimum Gasteiger partial charge on any atom is -0.550 e. The lowest BCUT2D eigenvalue weighted by Crippen LogP contribution is -2.80. The number of hydrogen-bond acceptors (Lipinski definition) is 4. The van der Waals surface area contributed by atoms with Gasteiger partial charge in [0.2, 0.25) is 0 Å². The summed E-state index contributed by atoms with van der Waals surface area (Å²) in [5, 5.41) is 21.2. The lowest BCUT2D eigenvalue weighted by atomic mass is 9.76. The van der Waals surface area contributed by atoms with Crippen molar-refractivity contribution < 1.29 is 25.5 Å². The van der Waals surface area contributed by atoms with E-state index in [0.29, 0.717) is 19.3 Å². The van der Waals surface area contributed by atoms with Gasteiger partial charge in [-0.1, -0.05) is 0 Å². The normalized spacial score (nSPS) is 34.1. The van der Waals surface area contributed by atoms with Crippen molar-refractivity contribution in [3.05, 3.63) is 0 Å². The number of hydrogen-bond donors (Lipinski definition) is 1. The van der Waals surface area contributed by atoms with Crippen LogP contribution in [0.25, 0.3) is 0 Å². The van der Waals surface area contributed by atoms with E-state index in [1.54, 1.807) is 0 Å². The Balaban J connectivity index is 2.71. The number of carboxylic acid groups (broad SMARTS) is 2. The van der Waals surface area contributed by atoms with Crippen molar-refractivity contribution in [1.29, 1.82) is 0 Å². The molecule has 0 aromatic carbocycles. The van der Waals surface area contributed by atoms with Crippen LogP contribution in [0.1, 0.15) is 25.7 Å². The van der Waals surface area contributed by atoms with Crippen LogP contribution in [-0.2, 0) is 9.59 Å². The molecule has 2 atom stereocenters. The van der Waals surface area contributed by atoms with Crippen molar-refractivity contribution in [2.45, 2.75) is 31.2 Å². The van der Waals surface area contributed by atoms with E-state index in [1.807, 2.05) is 0 Å². The lowest BCUT2D eigenvalue weighted by molar-refractivity contribution is -0.494. The van der Waals surface area contributed by atoms with Crippen LogP contribution in [0.4, 0.5) is 0 Å². The van der Waals surface area contributed by atoms with Gasteiger partial charge < -0.3 is 25.5 Å². The van der Waals surface area contributed by atoms with Crippen LogP contribution in [0, 0.1) is 5.92 Å². The van der Waals surface area contributed by atoms with Gasteiger partial charge in [-0.15, -0.1) is 0 Å². The summed E-state index contributed by atoms with van der Waals surface area (Å²) < 4.78 is 0. The minimum absolute atomic E-state index is 0.0255. The zero-order valence-electron chi connectivity index (χ0n) is 7.25. The zero-order valence-corrected chi connectivity index (χ0v) is 7.25. The highest BCUT2D eigenvalue weighted by Gasteiger charge is 2.38. The molecule has 0 saturated heterocycles. The maximum atomic E-state index is 10.7. The molecular weight excluding hydrogens is 174 g/mol. The predicted octanol–water partition coefficient (Wildman–Crippen LogP) is -3.34. The van der Waals surface area contributed by atoms with Gasteiger partial charge in [-0.25, -0.2) is 0 Å².